The molecule has 3 rings (SSSR count). The number of furan rings is 1. The Morgan fingerprint density at radius 3 is 2.60 bits per heavy atom. The Bertz CT molecular complexity index is 477. The van der Waals surface area contributed by atoms with Crippen LogP contribution < -0.4 is 0 Å². The third kappa shape index (κ3) is 2.47. The van der Waals surface area contributed by atoms with E-state index in [1.807, 2.05) is 11.8 Å². The van der Waals surface area contributed by atoms with E-state index in [9.17, 15) is 9.90 Å². The number of hydrogen-bond donors (Lipinski definition) is 1. The van der Waals surface area contributed by atoms with Crippen LogP contribution in [-0.2, 0) is 0 Å². The Morgan fingerprint density at radius 1 is 1.30 bits per heavy atom. The lowest BCUT2D eigenvalue weighted by molar-refractivity contribution is 0.0315. The number of nitrogens with zero attached hydrogens (tertiary/aromatic N) is 2. The number of amides is 1. The molecule has 5 heteroatoms. The maximum Gasteiger partial charge on any atom is 0.257 e. The largest absolute Gasteiger partial charge is 0.469 e. The molecule has 0 radical (unpaired) electrons. The molecule has 1 aliphatic carbocycles. The van der Waals surface area contributed by atoms with Crippen LogP contribution in [0.4, 0.5) is 0 Å². The molecule has 110 valence electrons. The van der Waals surface area contributed by atoms with Gasteiger partial charge >= 0.3 is 0 Å². The zero-order valence-electron chi connectivity index (χ0n) is 11.9. The first-order valence-corrected chi connectivity index (χ1v) is 7.42. The Balaban J connectivity index is 1.58. The van der Waals surface area contributed by atoms with Gasteiger partial charge < -0.3 is 14.4 Å². The normalized spacial score (nSPS) is 28.0. The summed E-state index contributed by atoms with van der Waals surface area (Å²) in [5.74, 6) is 0.742. The van der Waals surface area contributed by atoms with Gasteiger partial charge in [0.1, 0.15) is 5.76 Å². The van der Waals surface area contributed by atoms with Crippen molar-refractivity contribution >= 4 is 5.91 Å². The van der Waals surface area contributed by atoms with Crippen molar-refractivity contribution in [3.8, 4) is 0 Å². The Morgan fingerprint density at radius 2 is 2.05 bits per heavy atom. The molecule has 0 aromatic carbocycles. The highest BCUT2D eigenvalue weighted by molar-refractivity contribution is 5.95. The molecular formula is C15H22N2O3. The van der Waals surface area contributed by atoms with Crippen molar-refractivity contribution in [1.29, 1.82) is 0 Å². The fourth-order valence-electron chi connectivity index (χ4n) is 3.38. The van der Waals surface area contributed by atoms with Gasteiger partial charge in [-0.3, -0.25) is 9.69 Å². The molecular weight excluding hydrogens is 256 g/mol. The SMILES string of the molecule is Cc1occc1C(=O)N1CCN(C2CCCC2O)CC1. The molecule has 1 aliphatic heterocycles. The molecule has 0 spiro atoms. The lowest BCUT2D eigenvalue weighted by Gasteiger charge is -2.39. The average Bonchev–Trinajstić information content (AvgIpc) is 3.07. The van der Waals surface area contributed by atoms with Crippen LogP contribution in [0.5, 0.6) is 0 Å². The molecule has 1 aromatic heterocycles. The monoisotopic (exact) mass is 278 g/mol. The van der Waals surface area contributed by atoms with Gasteiger partial charge in [0, 0.05) is 32.2 Å². The van der Waals surface area contributed by atoms with E-state index < -0.39 is 0 Å². The molecule has 2 aliphatic rings. The van der Waals surface area contributed by atoms with E-state index >= 15 is 0 Å². The van der Waals surface area contributed by atoms with Gasteiger partial charge in [0.05, 0.1) is 17.9 Å². The predicted octanol–water partition coefficient (Wildman–Crippen LogP) is 1.26. The molecule has 0 bridgehead atoms. The van der Waals surface area contributed by atoms with Crippen LogP contribution in [0.1, 0.15) is 35.4 Å². The van der Waals surface area contributed by atoms with Crippen molar-refractivity contribution in [3.63, 3.8) is 0 Å². The van der Waals surface area contributed by atoms with Gasteiger partial charge in [-0.15, -0.1) is 0 Å². The van der Waals surface area contributed by atoms with Crippen LogP contribution in [0.25, 0.3) is 0 Å². The highest BCUT2D eigenvalue weighted by Gasteiger charge is 2.33. The number of aliphatic hydroxyl groups excluding tert-OH is 1. The number of carbonyl (C=O) groups is 1. The number of carbonyl (C=O) groups excluding carboxylic acids is 1. The molecule has 1 aromatic rings. The van der Waals surface area contributed by atoms with Crippen LogP contribution in [0.15, 0.2) is 16.7 Å². The molecule has 2 unspecified atom stereocenters. The second kappa shape index (κ2) is 5.58. The zero-order chi connectivity index (χ0) is 14.1. The first-order valence-electron chi connectivity index (χ1n) is 7.42. The summed E-state index contributed by atoms with van der Waals surface area (Å²) in [7, 11) is 0. The average molecular weight is 278 g/mol. The first-order chi connectivity index (χ1) is 9.66. The van der Waals surface area contributed by atoms with Gasteiger partial charge in [0.2, 0.25) is 0 Å². The minimum absolute atomic E-state index is 0.0582. The molecule has 1 N–H and O–H groups in total. The summed E-state index contributed by atoms with van der Waals surface area (Å²) in [6, 6.07) is 2.04. The molecule has 2 atom stereocenters. The van der Waals surface area contributed by atoms with Crippen molar-refractivity contribution < 1.29 is 14.3 Å². The molecule has 2 heterocycles. The number of hydrogen-bond acceptors (Lipinski definition) is 4. The zero-order valence-corrected chi connectivity index (χ0v) is 11.9. The van der Waals surface area contributed by atoms with Crippen molar-refractivity contribution in [2.45, 2.75) is 38.3 Å². The van der Waals surface area contributed by atoms with E-state index in [2.05, 4.69) is 4.90 Å². The maximum absolute atomic E-state index is 12.4. The number of aryl methyl sites for hydroxylation is 1. The fourth-order valence-corrected chi connectivity index (χ4v) is 3.38. The highest BCUT2D eigenvalue weighted by Crippen LogP contribution is 2.25. The molecule has 1 amide bonds. The minimum Gasteiger partial charge on any atom is -0.469 e. The van der Waals surface area contributed by atoms with Gasteiger partial charge in [0.15, 0.2) is 0 Å². The Kier molecular flexibility index (Phi) is 3.81. The standard InChI is InChI=1S/C15H22N2O3/c1-11-12(5-10-20-11)15(19)17-8-6-16(7-9-17)13-3-2-4-14(13)18/h5,10,13-14,18H,2-4,6-9H2,1H3. The molecule has 1 saturated heterocycles. The number of piperazine rings is 1. The van der Waals surface area contributed by atoms with Crippen LogP contribution >= 0.6 is 0 Å². The van der Waals surface area contributed by atoms with E-state index in [0.717, 1.165) is 45.4 Å². The summed E-state index contributed by atoms with van der Waals surface area (Å²) >= 11 is 0. The van der Waals surface area contributed by atoms with E-state index in [0.29, 0.717) is 17.4 Å². The molecule has 5 nitrogen and oxygen atoms in total. The van der Waals surface area contributed by atoms with Gasteiger partial charge in [0.25, 0.3) is 5.91 Å². The van der Waals surface area contributed by atoms with E-state index in [4.69, 9.17) is 4.42 Å². The molecule has 20 heavy (non-hydrogen) atoms. The quantitative estimate of drug-likeness (QED) is 0.885. The summed E-state index contributed by atoms with van der Waals surface area (Å²) in [6.45, 7) is 4.98. The Hall–Kier alpha value is -1.33. The third-order valence-electron chi connectivity index (χ3n) is 4.60. The van der Waals surface area contributed by atoms with Gasteiger partial charge in [-0.05, 0) is 32.3 Å². The van der Waals surface area contributed by atoms with E-state index in [1.54, 1.807) is 12.3 Å². The fraction of sp³-hybridized carbons (Fsp3) is 0.667. The van der Waals surface area contributed by atoms with E-state index in [-0.39, 0.29) is 12.0 Å². The van der Waals surface area contributed by atoms with Crippen LogP contribution in [-0.4, -0.2) is 59.1 Å². The summed E-state index contributed by atoms with van der Waals surface area (Å²) in [5, 5.41) is 9.97. The van der Waals surface area contributed by atoms with Crippen molar-refractivity contribution in [3.05, 3.63) is 23.7 Å². The predicted molar refractivity (Wildman–Crippen MR) is 74.6 cm³/mol. The lowest BCUT2D eigenvalue weighted by Crippen LogP contribution is -2.53. The van der Waals surface area contributed by atoms with Gasteiger partial charge in [-0.25, -0.2) is 0 Å². The Labute approximate surface area is 119 Å². The van der Waals surface area contributed by atoms with Crippen molar-refractivity contribution in [2.24, 2.45) is 0 Å². The highest BCUT2D eigenvalue weighted by atomic mass is 16.3. The summed E-state index contributed by atoms with van der Waals surface area (Å²) < 4.78 is 5.20. The second-order valence-corrected chi connectivity index (χ2v) is 5.78. The van der Waals surface area contributed by atoms with Crippen LogP contribution in [0.3, 0.4) is 0 Å². The summed E-state index contributed by atoms with van der Waals surface area (Å²) in [4.78, 5) is 16.6. The van der Waals surface area contributed by atoms with Crippen molar-refractivity contribution in [2.75, 3.05) is 26.2 Å². The summed E-state index contributed by atoms with van der Waals surface area (Å²) in [6.07, 6.45) is 4.48. The molecule has 1 saturated carbocycles. The maximum atomic E-state index is 12.4. The first kappa shape index (κ1) is 13.6. The van der Waals surface area contributed by atoms with Gasteiger partial charge in [-0.1, -0.05) is 0 Å². The minimum atomic E-state index is -0.187. The van der Waals surface area contributed by atoms with E-state index in [1.165, 1.54) is 0 Å². The number of aliphatic hydroxyl groups is 1. The topological polar surface area (TPSA) is 56.9 Å². The smallest absolute Gasteiger partial charge is 0.257 e. The van der Waals surface area contributed by atoms with Crippen LogP contribution in [0, 0.1) is 6.92 Å². The lowest BCUT2D eigenvalue weighted by atomic mass is 10.1. The number of rotatable bonds is 2. The third-order valence-corrected chi connectivity index (χ3v) is 4.60. The van der Waals surface area contributed by atoms with Crippen LogP contribution in [0.2, 0.25) is 0 Å². The van der Waals surface area contributed by atoms with Gasteiger partial charge in [-0.2, -0.15) is 0 Å². The van der Waals surface area contributed by atoms with Crippen molar-refractivity contribution in [1.82, 2.24) is 9.80 Å². The second-order valence-electron chi connectivity index (χ2n) is 5.78. The molecule has 2 fully saturated rings. The summed E-state index contributed by atoms with van der Waals surface area (Å²) in [5.41, 5.74) is 0.666.